The number of rotatable bonds is 5. The van der Waals surface area contributed by atoms with Gasteiger partial charge in [-0.15, -0.1) is 0 Å². The second-order valence-electron chi connectivity index (χ2n) is 3.24. The van der Waals surface area contributed by atoms with Crippen LogP contribution in [-0.2, 0) is 11.3 Å². The fourth-order valence-electron chi connectivity index (χ4n) is 1.19. The van der Waals surface area contributed by atoms with Crippen molar-refractivity contribution in [3.05, 3.63) is 30.1 Å². The van der Waals surface area contributed by atoms with Crippen LogP contribution in [0.2, 0.25) is 0 Å². The Morgan fingerprint density at radius 2 is 2.36 bits per heavy atom. The average Bonchev–Trinajstić information content (AvgIpc) is 2.19. The standard InChI is InChI=1S/C10H15N3O/c1-13(8-10(14)6-11)7-9-4-2-3-5-12-9/h2-5H,6-8,11H2,1H3. The summed E-state index contributed by atoms with van der Waals surface area (Å²) in [5, 5.41) is 0. The Bertz CT molecular complexity index is 287. The summed E-state index contributed by atoms with van der Waals surface area (Å²) in [6, 6.07) is 5.74. The molecule has 14 heavy (non-hydrogen) atoms. The first-order chi connectivity index (χ1) is 6.72. The number of ketones is 1. The Hall–Kier alpha value is -1.26. The number of aromatic nitrogens is 1. The third-order valence-corrected chi connectivity index (χ3v) is 1.83. The SMILES string of the molecule is CN(CC(=O)CN)Cc1ccccn1. The fourth-order valence-corrected chi connectivity index (χ4v) is 1.19. The molecule has 0 spiro atoms. The summed E-state index contributed by atoms with van der Waals surface area (Å²) in [6.45, 7) is 1.16. The van der Waals surface area contributed by atoms with Crippen molar-refractivity contribution in [1.82, 2.24) is 9.88 Å². The molecule has 0 radical (unpaired) electrons. The van der Waals surface area contributed by atoms with Gasteiger partial charge in [0.05, 0.1) is 18.8 Å². The number of Topliss-reactive ketones (excluding diaryl/α,β-unsaturated/α-hetero) is 1. The topological polar surface area (TPSA) is 59.2 Å². The largest absolute Gasteiger partial charge is 0.324 e. The van der Waals surface area contributed by atoms with E-state index in [1.165, 1.54) is 0 Å². The maximum atomic E-state index is 11.0. The van der Waals surface area contributed by atoms with Gasteiger partial charge in [0.1, 0.15) is 0 Å². The van der Waals surface area contributed by atoms with E-state index in [1.807, 2.05) is 30.1 Å². The minimum absolute atomic E-state index is 0.0448. The lowest BCUT2D eigenvalue weighted by molar-refractivity contribution is -0.118. The molecular formula is C10H15N3O. The Labute approximate surface area is 83.7 Å². The van der Waals surface area contributed by atoms with E-state index in [9.17, 15) is 4.79 Å². The summed E-state index contributed by atoms with van der Waals surface area (Å²) in [6.07, 6.45) is 1.74. The van der Waals surface area contributed by atoms with E-state index in [-0.39, 0.29) is 12.3 Å². The van der Waals surface area contributed by atoms with Crippen LogP contribution in [0.15, 0.2) is 24.4 Å². The predicted molar refractivity (Wildman–Crippen MR) is 54.6 cm³/mol. The van der Waals surface area contributed by atoms with Crippen LogP contribution in [0.25, 0.3) is 0 Å². The van der Waals surface area contributed by atoms with Gasteiger partial charge in [-0.3, -0.25) is 14.7 Å². The van der Waals surface area contributed by atoms with Crippen LogP contribution < -0.4 is 5.73 Å². The second kappa shape index (κ2) is 5.47. The van der Waals surface area contributed by atoms with E-state index in [0.717, 1.165) is 5.69 Å². The first-order valence-corrected chi connectivity index (χ1v) is 4.52. The summed E-state index contributed by atoms with van der Waals surface area (Å²) in [5.41, 5.74) is 6.18. The molecule has 0 aromatic carbocycles. The molecule has 1 heterocycles. The third kappa shape index (κ3) is 3.64. The molecule has 1 aromatic heterocycles. The zero-order chi connectivity index (χ0) is 10.4. The summed E-state index contributed by atoms with van der Waals surface area (Å²) in [7, 11) is 1.88. The average molecular weight is 193 g/mol. The molecule has 0 bridgehead atoms. The molecule has 2 N–H and O–H groups in total. The van der Waals surface area contributed by atoms with Crippen molar-refractivity contribution in [2.75, 3.05) is 20.1 Å². The normalized spacial score (nSPS) is 10.5. The Balaban J connectivity index is 2.41. The van der Waals surface area contributed by atoms with Crippen molar-refractivity contribution >= 4 is 5.78 Å². The first kappa shape index (κ1) is 10.8. The molecule has 0 saturated heterocycles. The van der Waals surface area contributed by atoms with Gasteiger partial charge >= 0.3 is 0 Å². The van der Waals surface area contributed by atoms with Crippen molar-refractivity contribution in [3.8, 4) is 0 Å². The summed E-state index contributed by atoms with van der Waals surface area (Å²) >= 11 is 0. The molecule has 0 fully saturated rings. The Kier molecular flexibility index (Phi) is 4.22. The minimum Gasteiger partial charge on any atom is -0.324 e. The number of pyridine rings is 1. The van der Waals surface area contributed by atoms with Gasteiger partial charge in [0.2, 0.25) is 0 Å². The highest BCUT2D eigenvalue weighted by molar-refractivity contribution is 5.82. The molecule has 1 aromatic rings. The molecule has 1 rings (SSSR count). The van der Waals surface area contributed by atoms with Gasteiger partial charge in [0, 0.05) is 12.7 Å². The fraction of sp³-hybridized carbons (Fsp3) is 0.400. The van der Waals surface area contributed by atoms with Crippen LogP contribution in [0, 0.1) is 0 Å². The highest BCUT2D eigenvalue weighted by Gasteiger charge is 2.05. The van der Waals surface area contributed by atoms with E-state index < -0.39 is 0 Å². The van der Waals surface area contributed by atoms with E-state index in [2.05, 4.69) is 4.98 Å². The highest BCUT2D eigenvalue weighted by atomic mass is 16.1. The van der Waals surface area contributed by atoms with E-state index in [1.54, 1.807) is 6.20 Å². The van der Waals surface area contributed by atoms with Gasteiger partial charge in [-0.1, -0.05) is 6.07 Å². The monoisotopic (exact) mass is 193 g/mol. The summed E-state index contributed by atoms with van der Waals surface area (Å²) in [5.74, 6) is 0.0448. The van der Waals surface area contributed by atoms with Crippen molar-refractivity contribution < 1.29 is 4.79 Å². The molecule has 0 saturated carbocycles. The zero-order valence-corrected chi connectivity index (χ0v) is 8.31. The number of hydrogen-bond donors (Lipinski definition) is 1. The predicted octanol–water partition coefficient (Wildman–Crippen LogP) is 0.0412. The molecule has 0 unspecified atom stereocenters. The minimum atomic E-state index is 0.0448. The van der Waals surface area contributed by atoms with Crippen molar-refractivity contribution in [1.29, 1.82) is 0 Å². The first-order valence-electron chi connectivity index (χ1n) is 4.52. The third-order valence-electron chi connectivity index (χ3n) is 1.83. The molecular weight excluding hydrogens is 178 g/mol. The van der Waals surface area contributed by atoms with E-state index in [4.69, 9.17) is 5.73 Å². The Morgan fingerprint density at radius 1 is 1.57 bits per heavy atom. The molecule has 4 heteroatoms. The van der Waals surface area contributed by atoms with Gasteiger partial charge in [-0.25, -0.2) is 0 Å². The second-order valence-corrected chi connectivity index (χ2v) is 3.24. The van der Waals surface area contributed by atoms with Crippen molar-refractivity contribution in [3.63, 3.8) is 0 Å². The molecule has 0 atom stereocenters. The maximum absolute atomic E-state index is 11.0. The number of hydrogen-bond acceptors (Lipinski definition) is 4. The Morgan fingerprint density at radius 3 is 2.93 bits per heavy atom. The molecule has 0 aliphatic rings. The van der Waals surface area contributed by atoms with Crippen LogP contribution in [-0.4, -0.2) is 35.8 Å². The van der Waals surface area contributed by atoms with Gasteiger partial charge in [-0.05, 0) is 19.2 Å². The number of likely N-dealkylation sites (N-methyl/N-ethyl adjacent to an activating group) is 1. The number of carbonyl (C=O) groups is 1. The summed E-state index contributed by atoms with van der Waals surface area (Å²) in [4.78, 5) is 17.1. The van der Waals surface area contributed by atoms with Crippen molar-refractivity contribution in [2.45, 2.75) is 6.54 Å². The zero-order valence-electron chi connectivity index (χ0n) is 8.31. The maximum Gasteiger partial charge on any atom is 0.160 e. The smallest absolute Gasteiger partial charge is 0.160 e. The highest BCUT2D eigenvalue weighted by Crippen LogP contribution is 1.97. The number of carbonyl (C=O) groups excluding carboxylic acids is 1. The van der Waals surface area contributed by atoms with E-state index >= 15 is 0 Å². The van der Waals surface area contributed by atoms with Crippen LogP contribution in [0.1, 0.15) is 5.69 Å². The van der Waals surface area contributed by atoms with Gasteiger partial charge in [0.15, 0.2) is 5.78 Å². The quantitative estimate of drug-likeness (QED) is 0.717. The summed E-state index contributed by atoms with van der Waals surface area (Å²) < 4.78 is 0. The van der Waals surface area contributed by atoms with Gasteiger partial charge in [-0.2, -0.15) is 0 Å². The van der Waals surface area contributed by atoms with Crippen LogP contribution in [0.5, 0.6) is 0 Å². The molecule has 76 valence electrons. The lowest BCUT2D eigenvalue weighted by atomic mass is 10.3. The molecule has 0 amide bonds. The molecule has 0 aliphatic carbocycles. The van der Waals surface area contributed by atoms with E-state index in [0.29, 0.717) is 13.1 Å². The van der Waals surface area contributed by atoms with Crippen molar-refractivity contribution in [2.24, 2.45) is 5.73 Å². The number of nitrogens with zero attached hydrogens (tertiary/aromatic N) is 2. The lowest BCUT2D eigenvalue weighted by Crippen LogP contribution is -2.30. The number of nitrogens with two attached hydrogens (primary N) is 1. The molecule has 0 aliphatic heterocycles. The van der Waals surface area contributed by atoms with Crippen LogP contribution in [0.3, 0.4) is 0 Å². The van der Waals surface area contributed by atoms with Gasteiger partial charge in [0.25, 0.3) is 0 Å². The molecule has 4 nitrogen and oxygen atoms in total. The van der Waals surface area contributed by atoms with Gasteiger partial charge < -0.3 is 5.73 Å². The van der Waals surface area contributed by atoms with Crippen LogP contribution in [0.4, 0.5) is 0 Å². The lowest BCUT2D eigenvalue weighted by Gasteiger charge is -2.14. The van der Waals surface area contributed by atoms with Crippen LogP contribution >= 0.6 is 0 Å².